The smallest absolute Gasteiger partial charge is 0.404 e. The van der Waals surface area contributed by atoms with Gasteiger partial charge in [0.2, 0.25) is 15.9 Å². The molecule has 42 heavy (non-hydrogen) atoms. The molecular formula is C28H29F3N4O5S2. The van der Waals surface area contributed by atoms with Crippen molar-refractivity contribution in [3.8, 4) is 21.3 Å². The number of nitrogens with one attached hydrogen (secondary N) is 1. The number of benzene rings is 2. The number of hydrogen-bond donors (Lipinski definition) is 2. The van der Waals surface area contributed by atoms with Crippen molar-refractivity contribution >= 4 is 38.1 Å². The molecule has 0 spiro atoms. The summed E-state index contributed by atoms with van der Waals surface area (Å²) in [4.78, 5) is 16.9. The number of carboxylic acid groups (broad SMARTS) is 1. The first-order valence-electron chi connectivity index (χ1n) is 13.3. The highest BCUT2D eigenvalue weighted by atomic mass is 32.2. The monoisotopic (exact) mass is 622 g/mol. The van der Waals surface area contributed by atoms with Gasteiger partial charge in [-0.25, -0.2) is 13.4 Å². The molecule has 2 heterocycles. The van der Waals surface area contributed by atoms with Crippen molar-refractivity contribution in [3.05, 3.63) is 48.0 Å². The third-order valence-corrected chi connectivity index (χ3v) is 10.2. The molecule has 0 amide bonds. The lowest BCUT2D eigenvalue weighted by Crippen LogP contribution is -2.43. The second-order valence-electron chi connectivity index (χ2n) is 11.2. The van der Waals surface area contributed by atoms with Crippen molar-refractivity contribution in [2.75, 3.05) is 0 Å². The van der Waals surface area contributed by atoms with Crippen LogP contribution >= 0.6 is 11.3 Å². The summed E-state index contributed by atoms with van der Waals surface area (Å²) < 4.78 is 73.1. The maximum absolute atomic E-state index is 13.2. The molecule has 0 bridgehead atoms. The third kappa shape index (κ3) is 6.06. The van der Waals surface area contributed by atoms with Crippen LogP contribution in [0.4, 0.5) is 13.2 Å². The van der Waals surface area contributed by atoms with E-state index < -0.39 is 33.6 Å². The van der Waals surface area contributed by atoms with Crippen LogP contribution in [-0.4, -0.2) is 46.9 Å². The zero-order chi connectivity index (χ0) is 30.4. The Balaban J connectivity index is 1.57. The lowest BCUT2D eigenvalue weighted by atomic mass is 9.81. The predicted molar refractivity (Wildman–Crippen MR) is 150 cm³/mol. The minimum absolute atomic E-state index is 0.0318. The molecule has 0 saturated heterocycles. The summed E-state index contributed by atoms with van der Waals surface area (Å²) in [6.45, 7) is 3.88. The van der Waals surface area contributed by atoms with Crippen LogP contribution < -0.4 is 4.72 Å². The Morgan fingerprint density at radius 2 is 1.83 bits per heavy atom. The Kier molecular flexibility index (Phi) is 7.92. The fourth-order valence-corrected chi connectivity index (χ4v) is 7.19. The highest BCUT2D eigenvalue weighted by Gasteiger charge is 2.39. The molecule has 1 fully saturated rings. The second-order valence-corrected chi connectivity index (χ2v) is 13.9. The number of rotatable bonds is 10. The van der Waals surface area contributed by atoms with Crippen molar-refractivity contribution in [1.82, 2.24) is 19.9 Å². The number of hydrogen-bond acceptors (Lipinski definition) is 8. The molecule has 2 aromatic heterocycles. The highest BCUT2D eigenvalue weighted by Crippen LogP contribution is 2.43. The Morgan fingerprint density at radius 3 is 2.45 bits per heavy atom. The molecule has 0 unspecified atom stereocenters. The van der Waals surface area contributed by atoms with E-state index in [4.69, 9.17) is 9.40 Å². The number of alkyl halides is 3. The van der Waals surface area contributed by atoms with Crippen molar-refractivity contribution in [3.63, 3.8) is 0 Å². The number of fused-ring (bicyclic) bond motifs is 1. The van der Waals surface area contributed by atoms with E-state index in [9.17, 15) is 31.5 Å². The summed E-state index contributed by atoms with van der Waals surface area (Å²) in [5.41, 5.74) is 0.342. The van der Waals surface area contributed by atoms with Crippen LogP contribution in [0.25, 0.3) is 32.1 Å². The van der Waals surface area contributed by atoms with E-state index in [1.54, 1.807) is 48.9 Å². The van der Waals surface area contributed by atoms with E-state index in [-0.39, 0.29) is 28.5 Å². The fourth-order valence-electron chi connectivity index (χ4n) is 4.69. The first-order valence-corrected chi connectivity index (χ1v) is 15.6. The first-order chi connectivity index (χ1) is 19.7. The SMILES string of the molecule is C[C@H](NS(=O)(=O)c1ccc(-c2sc(-c3nnc(CC(C)(C)C(=O)O)o3)nc2CC2CCC2)c2ccccc12)C(F)(F)F. The Hall–Kier alpha value is -3.36. The zero-order valence-corrected chi connectivity index (χ0v) is 24.7. The van der Waals surface area contributed by atoms with Crippen LogP contribution in [0.2, 0.25) is 0 Å². The largest absolute Gasteiger partial charge is 0.481 e. The van der Waals surface area contributed by atoms with Gasteiger partial charge in [0.15, 0.2) is 5.01 Å². The molecule has 2 aromatic carbocycles. The van der Waals surface area contributed by atoms with Crippen molar-refractivity contribution in [2.45, 2.75) is 70.0 Å². The van der Waals surface area contributed by atoms with Gasteiger partial charge in [0.05, 0.1) is 20.9 Å². The number of carboxylic acids is 1. The highest BCUT2D eigenvalue weighted by molar-refractivity contribution is 7.89. The standard InChI is InChI=1S/C28H29F3N4O5S2/c1-15(28(29,30)31)35-42(38,39)21-12-11-19(17-9-4-5-10-18(17)21)23-20(13-16-7-6-8-16)32-25(41-23)24-34-33-22(40-24)14-27(2,3)26(36)37/h4-5,9-12,15-16,35H,6-8,13-14H2,1-3H3,(H,36,37)/t15-/m0/s1. The van der Waals surface area contributed by atoms with E-state index in [2.05, 4.69) is 10.2 Å². The van der Waals surface area contributed by atoms with Crippen LogP contribution in [0, 0.1) is 11.3 Å². The summed E-state index contributed by atoms with van der Waals surface area (Å²) in [6.07, 6.45) is -0.787. The number of thiazole rings is 1. The molecule has 0 aliphatic heterocycles. The molecule has 1 aliphatic carbocycles. The molecular weight excluding hydrogens is 593 g/mol. The lowest BCUT2D eigenvalue weighted by molar-refractivity contribution is -0.147. The van der Waals surface area contributed by atoms with Gasteiger partial charge in [0.25, 0.3) is 5.89 Å². The topological polar surface area (TPSA) is 135 Å². The molecule has 14 heteroatoms. The Labute approximate surface area is 244 Å². The maximum Gasteiger partial charge on any atom is 0.404 e. The summed E-state index contributed by atoms with van der Waals surface area (Å²) in [5, 5.41) is 18.8. The fraction of sp³-hybridized carbons (Fsp3) is 0.429. The van der Waals surface area contributed by atoms with Crippen molar-refractivity contribution in [1.29, 1.82) is 0 Å². The summed E-state index contributed by atoms with van der Waals surface area (Å²) in [7, 11) is -4.51. The number of nitrogens with zero attached hydrogens (tertiary/aromatic N) is 3. The molecule has 1 aliphatic rings. The Bertz CT molecular complexity index is 1740. The van der Waals surface area contributed by atoms with E-state index in [0.29, 0.717) is 28.3 Å². The number of carbonyl (C=O) groups is 1. The molecule has 2 N–H and O–H groups in total. The molecule has 4 aromatic rings. The normalized spacial score (nSPS) is 15.6. The zero-order valence-electron chi connectivity index (χ0n) is 23.0. The third-order valence-electron chi connectivity index (χ3n) is 7.47. The van der Waals surface area contributed by atoms with Crippen LogP contribution in [0.1, 0.15) is 51.6 Å². The van der Waals surface area contributed by atoms with Crippen LogP contribution in [0.5, 0.6) is 0 Å². The van der Waals surface area contributed by atoms with Gasteiger partial charge in [0, 0.05) is 17.4 Å². The molecule has 9 nitrogen and oxygen atoms in total. The van der Waals surface area contributed by atoms with Gasteiger partial charge in [-0.2, -0.15) is 17.9 Å². The van der Waals surface area contributed by atoms with Gasteiger partial charge in [-0.3, -0.25) is 4.79 Å². The van der Waals surface area contributed by atoms with Gasteiger partial charge < -0.3 is 9.52 Å². The van der Waals surface area contributed by atoms with Crippen LogP contribution in [-0.2, 0) is 27.7 Å². The van der Waals surface area contributed by atoms with E-state index in [1.807, 2.05) is 0 Å². The van der Waals surface area contributed by atoms with Gasteiger partial charge in [0.1, 0.15) is 6.04 Å². The number of aliphatic carboxylic acids is 1. The summed E-state index contributed by atoms with van der Waals surface area (Å²) >= 11 is 1.28. The minimum atomic E-state index is -4.74. The van der Waals surface area contributed by atoms with Gasteiger partial charge in [-0.1, -0.05) is 49.6 Å². The van der Waals surface area contributed by atoms with Crippen LogP contribution in [0.15, 0.2) is 45.7 Å². The molecule has 1 atom stereocenters. The molecule has 224 valence electrons. The first kappa shape index (κ1) is 30.1. The number of aromatic nitrogens is 3. The maximum atomic E-state index is 13.2. The molecule has 1 saturated carbocycles. The quantitative estimate of drug-likeness (QED) is 0.212. The number of sulfonamides is 1. The van der Waals surface area contributed by atoms with E-state index in [0.717, 1.165) is 36.8 Å². The van der Waals surface area contributed by atoms with Crippen LogP contribution in [0.3, 0.4) is 0 Å². The lowest BCUT2D eigenvalue weighted by Gasteiger charge is -2.24. The van der Waals surface area contributed by atoms with Crippen molar-refractivity contribution < 1.29 is 35.9 Å². The average Bonchev–Trinajstić information content (AvgIpc) is 3.51. The molecule has 0 radical (unpaired) electrons. The number of halogens is 3. The minimum Gasteiger partial charge on any atom is -0.481 e. The molecule has 5 rings (SSSR count). The predicted octanol–water partition coefficient (Wildman–Crippen LogP) is 6.24. The Morgan fingerprint density at radius 1 is 1.14 bits per heavy atom. The van der Waals surface area contributed by atoms with Crippen molar-refractivity contribution in [2.24, 2.45) is 11.3 Å². The van der Waals surface area contributed by atoms with Gasteiger partial charge >= 0.3 is 12.1 Å². The summed E-state index contributed by atoms with van der Waals surface area (Å²) in [5.74, 6) is -0.254. The van der Waals surface area contributed by atoms with Gasteiger partial charge in [-0.15, -0.1) is 21.5 Å². The second kappa shape index (κ2) is 11.0. The summed E-state index contributed by atoms with van der Waals surface area (Å²) in [6, 6.07) is 7.29. The van der Waals surface area contributed by atoms with E-state index in [1.165, 1.54) is 17.4 Å². The van der Waals surface area contributed by atoms with Gasteiger partial charge in [-0.05, 0) is 44.6 Å². The van der Waals surface area contributed by atoms with E-state index >= 15 is 0 Å². The average molecular weight is 623 g/mol.